The molecule has 0 aromatic carbocycles. The summed E-state index contributed by atoms with van der Waals surface area (Å²) >= 11 is 0. The zero-order chi connectivity index (χ0) is 10.9. The summed E-state index contributed by atoms with van der Waals surface area (Å²) in [5, 5.41) is -0.376. The van der Waals surface area contributed by atoms with E-state index >= 15 is 0 Å². The van der Waals surface area contributed by atoms with E-state index in [4.69, 9.17) is 10.2 Å². The summed E-state index contributed by atoms with van der Waals surface area (Å²) in [5.74, 6) is 0. The van der Waals surface area contributed by atoms with E-state index in [0.717, 1.165) is 6.04 Å². The highest BCUT2D eigenvalue weighted by atomic mass is 28.4. The van der Waals surface area contributed by atoms with E-state index in [1.54, 1.807) is 0 Å². The van der Waals surface area contributed by atoms with Crippen molar-refractivity contribution in [3.8, 4) is 0 Å². The van der Waals surface area contributed by atoms with Crippen LogP contribution in [-0.2, 0) is 4.43 Å². The molecule has 0 bridgehead atoms. The first-order valence-corrected chi connectivity index (χ1v) is 11.6. The SMILES string of the molecule is CC[Si](C)(C)OC(C)(N)[Si](C)(C)C. The van der Waals surface area contributed by atoms with E-state index < -0.39 is 16.4 Å². The lowest BCUT2D eigenvalue weighted by Crippen LogP contribution is -2.62. The highest BCUT2D eigenvalue weighted by molar-refractivity contribution is 6.80. The van der Waals surface area contributed by atoms with Crippen LogP contribution in [0, 0.1) is 0 Å². The Labute approximate surface area is 85.0 Å². The van der Waals surface area contributed by atoms with Gasteiger partial charge in [-0.15, -0.1) is 0 Å². The summed E-state index contributed by atoms with van der Waals surface area (Å²) in [7, 11) is -2.93. The van der Waals surface area contributed by atoms with E-state index in [9.17, 15) is 0 Å². The maximum atomic E-state index is 6.23. The summed E-state index contributed by atoms with van der Waals surface area (Å²) in [6.45, 7) is 15.5. The van der Waals surface area contributed by atoms with E-state index in [1.807, 2.05) is 6.92 Å². The predicted molar refractivity (Wildman–Crippen MR) is 65.0 cm³/mol. The molecule has 13 heavy (non-hydrogen) atoms. The zero-order valence-corrected chi connectivity index (χ0v) is 12.2. The standard InChI is InChI=1S/C9H25NOSi2/c1-8-13(6,7)11-9(2,10)12(3,4)5/h8,10H2,1-7H3. The molecule has 0 radical (unpaired) electrons. The third kappa shape index (κ3) is 3.93. The van der Waals surface area contributed by atoms with Gasteiger partial charge in [-0.2, -0.15) is 0 Å². The number of rotatable bonds is 4. The molecule has 0 aromatic heterocycles. The Morgan fingerprint density at radius 1 is 1.15 bits per heavy atom. The van der Waals surface area contributed by atoms with Gasteiger partial charge in [0, 0.05) is 0 Å². The molecule has 80 valence electrons. The summed E-state index contributed by atoms with van der Waals surface area (Å²) in [4.78, 5) is 0. The van der Waals surface area contributed by atoms with Gasteiger partial charge < -0.3 is 10.2 Å². The van der Waals surface area contributed by atoms with Gasteiger partial charge in [-0.05, 0) is 26.1 Å². The smallest absolute Gasteiger partial charge is 0.188 e. The van der Waals surface area contributed by atoms with Gasteiger partial charge in [0.1, 0.15) is 0 Å². The van der Waals surface area contributed by atoms with E-state index in [-0.39, 0.29) is 5.35 Å². The van der Waals surface area contributed by atoms with Crippen molar-refractivity contribution in [2.75, 3.05) is 0 Å². The molecule has 2 N–H and O–H groups in total. The van der Waals surface area contributed by atoms with Crippen molar-refractivity contribution in [2.24, 2.45) is 5.73 Å². The van der Waals surface area contributed by atoms with Gasteiger partial charge in [-0.3, -0.25) is 0 Å². The maximum Gasteiger partial charge on any atom is 0.188 e. The van der Waals surface area contributed by atoms with Crippen molar-refractivity contribution in [1.82, 2.24) is 0 Å². The second-order valence-corrected chi connectivity index (χ2v) is 15.5. The Morgan fingerprint density at radius 3 is 1.77 bits per heavy atom. The molecule has 0 spiro atoms. The molecule has 0 amide bonds. The number of nitrogens with two attached hydrogens (primary N) is 1. The van der Waals surface area contributed by atoms with Gasteiger partial charge in [0.15, 0.2) is 8.32 Å². The lowest BCUT2D eigenvalue weighted by atomic mass is 10.7. The van der Waals surface area contributed by atoms with Gasteiger partial charge in [-0.1, -0.05) is 26.6 Å². The molecule has 0 fully saturated rings. The Hall–Kier alpha value is 0.354. The largest absolute Gasteiger partial charge is 0.403 e. The van der Waals surface area contributed by atoms with Crippen molar-refractivity contribution in [3.63, 3.8) is 0 Å². The minimum absolute atomic E-state index is 0.376. The quantitative estimate of drug-likeness (QED) is 0.583. The normalized spacial score (nSPS) is 18.5. The third-order valence-electron chi connectivity index (χ3n) is 2.83. The zero-order valence-electron chi connectivity index (χ0n) is 10.2. The second-order valence-electron chi connectivity index (χ2n) is 5.57. The second kappa shape index (κ2) is 3.84. The fourth-order valence-electron chi connectivity index (χ4n) is 0.799. The van der Waals surface area contributed by atoms with E-state index in [0.29, 0.717) is 0 Å². The Balaban J connectivity index is 4.52. The average Bonchev–Trinajstić information content (AvgIpc) is 1.83. The van der Waals surface area contributed by atoms with Gasteiger partial charge in [-0.25, -0.2) is 0 Å². The summed E-state index contributed by atoms with van der Waals surface area (Å²) < 4.78 is 6.12. The minimum Gasteiger partial charge on any atom is -0.403 e. The first kappa shape index (κ1) is 13.4. The van der Waals surface area contributed by atoms with Gasteiger partial charge in [0.25, 0.3) is 0 Å². The molecule has 0 saturated carbocycles. The van der Waals surface area contributed by atoms with Crippen LogP contribution in [0.1, 0.15) is 13.8 Å². The van der Waals surface area contributed by atoms with Crippen LogP contribution < -0.4 is 5.73 Å². The lowest BCUT2D eigenvalue weighted by Gasteiger charge is -2.42. The monoisotopic (exact) mass is 219 g/mol. The van der Waals surface area contributed by atoms with Crippen molar-refractivity contribution < 1.29 is 4.43 Å². The molecule has 0 aliphatic rings. The van der Waals surface area contributed by atoms with E-state index in [2.05, 4.69) is 39.7 Å². The van der Waals surface area contributed by atoms with Crippen molar-refractivity contribution in [2.45, 2.75) is 58.0 Å². The molecule has 0 rings (SSSR count). The molecule has 0 aromatic rings. The number of hydrogen-bond donors (Lipinski definition) is 1. The topological polar surface area (TPSA) is 35.2 Å². The summed E-state index contributed by atoms with van der Waals surface area (Å²) in [6.07, 6.45) is 0. The summed E-state index contributed by atoms with van der Waals surface area (Å²) in [6, 6.07) is 1.13. The fraction of sp³-hybridized carbons (Fsp3) is 1.00. The lowest BCUT2D eigenvalue weighted by molar-refractivity contribution is 0.161. The number of hydrogen-bond acceptors (Lipinski definition) is 2. The van der Waals surface area contributed by atoms with Crippen molar-refractivity contribution in [3.05, 3.63) is 0 Å². The van der Waals surface area contributed by atoms with E-state index in [1.165, 1.54) is 0 Å². The Kier molecular flexibility index (Phi) is 3.95. The molecule has 0 heterocycles. The van der Waals surface area contributed by atoms with Crippen LogP contribution >= 0.6 is 0 Å². The third-order valence-corrected chi connectivity index (χ3v) is 8.79. The van der Waals surface area contributed by atoms with Crippen molar-refractivity contribution >= 4 is 16.4 Å². The predicted octanol–water partition coefficient (Wildman–Crippen LogP) is 2.78. The summed E-state index contributed by atoms with van der Waals surface area (Å²) in [5.41, 5.74) is 6.23. The molecular formula is C9H25NOSi2. The average molecular weight is 219 g/mol. The van der Waals surface area contributed by atoms with Gasteiger partial charge >= 0.3 is 0 Å². The van der Waals surface area contributed by atoms with Crippen LogP contribution in [0.2, 0.25) is 38.8 Å². The van der Waals surface area contributed by atoms with Crippen LogP contribution in [0.25, 0.3) is 0 Å². The van der Waals surface area contributed by atoms with Crippen LogP contribution in [0.4, 0.5) is 0 Å². The van der Waals surface area contributed by atoms with Crippen molar-refractivity contribution in [1.29, 1.82) is 0 Å². The van der Waals surface area contributed by atoms with Gasteiger partial charge in [0.2, 0.25) is 0 Å². The minimum atomic E-state index is -1.51. The van der Waals surface area contributed by atoms with Crippen LogP contribution in [0.3, 0.4) is 0 Å². The Morgan fingerprint density at radius 2 is 1.54 bits per heavy atom. The molecule has 0 saturated heterocycles. The van der Waals surface area contributed by atoms with Crippen LogP contribution in [0.15, 0.2) is 0 Å². The molecule has 4 heteroatoms. The molecular weight excluding hydrogens is 194 g/mol. The molecule has 1 atom stereocenters. The Bertz CT molecular complexity index is 173. The highest BCUT2D eigenvalue weighted by Crippen LogP contribution is 2.25. The fourth-order valence-corrected chi connectivity index (χ4v) is 4.15. The molecule has 1 unspecified atom stereocenters. The highest BCUT2D eigenvalue weighted by Gasteiger charge is 2.40. The first-order chi connectivity index (χ1) is 5.52. The van der Waals surface area contributed by atoms with Gasteiger partial charge in [0.05, 0.1) is 13.4 Å². The molecule has 2 nitrogen and oxygen atoms in total. The maximum absolute atomic E-state index is 6.23. The van der Waals surface area contributed by atoms with Crippen LogP contribution in [0.5, 0.6) is 0 Å². The first-order valence-electron chi connectivity index (χ1n) is 5.01. The van der Waals surface area contributed by atoms with Crippen LogP contribution in [-0.4, -0.2) is 21.7 Å². The molecule has 0 aliphatic heterocycles. The molecule has 0 aliphatic carbocycles.